The number of benzene rings is 1. The van der Waals surface area contributed by atoms with Gasteiger partial charge in [0.2, 0.25) is 0 Å². The van der Waals surface area contributed by atoms with Gasteiger partial charge in [-0.2, -0.15) is 0 Å². The highest BCUT2D eigenvalue weighted by Gasteiger charge is 2.18. The molecule has 0 aliphatic carbocycles. The van der Waals surface area contributed by atoms with Gasteiger partial charge in [-0.15, -0.1) is 0 Å². The lowest BCUT2D eigenvalue weighted by Crippen LogP contribution is -2.11. The molecule has 0 amide bonds. The van der Waals surface area contributed by atoms with Gasteiger partial charge < -0.3 is 15.9 Å². The molecule has 1 aromatic carbocycles. The van der Waals surface area contributed by atoms with E-state index in [0.29, 0.717) is 6.54 Å². The average Bonchev–Trinajstić information content (AvgIpc) is 2.22. The van der Waals surface area contributed by atoms with E-state index in [1.165, 1.54) is 0 Å². The van der Waals surface area contributed by atoms with E-state index in [4.69, 9.17) is 5.73 Å². The van der Waals surface area contributed by atoms with Gasteiger partial charge in [0.15, 0.2) is 11.5 Å². The summed E-state index contributed by atoms with van der Waals surface area (Å²) in [6.45, 7) is 6.92. The van der Waals surface area contributed by atoms with Crippen LogP contribution in [-0.2, 0) is 11.8 Å². The molecule has 0 spiro atoms. The molecule has 0 aromatic heterocycles. The predicted molar refractivity (Wildman–Crippen MR) is 70.5 cm³/mol. The largest absolute Gasteiger partial charge is 0.504 e. The summed E-state index contributed by atoms with van der Waals surface area (Å²) < 4.78 is 0. The molecule has 0 saturated carbocycles. The second-order valence-corrected chi connectivity index (χ2v) is 5.50. The molecule has 17 heavy (non-hydrogen) atoms. The number of phenols is 2. The molecular weight excluding hydrogens is 214 g/mol. The van der Waals surface area contributed by atoms with Gasteiger partial charge in [0.1, 0.15) is 0 Å². The van der Waals surface area contributed by atoms with Crippen LogP contribution >= 0.6 is 0 Å². The third kappa shape index (κ3) is 3.63. The van der Waals surface area contributed by atoms with Gasteiger partial charge in [0.05, 0.1) is 0 Å². The van der Waals surface area contributed by atoms with Crippen molar-refractivity contribution in [2.75, 3.05) is 6.54 Å². The highest BCUT2D eigenvalue weighted by atomic mass is 16.3. The Kier molecular flexibility index (Phi) is 4.40. The molecule has 1 rings (SSSR count). The topological polar surface area (TPSA) is 66.5 Å². The zero-order chi connectivity index (χ0) is 13.1. The minimum Gasteiger partial charge on any atom is -0.504 e. The van der Waals surface area contributed by atoms with E-state index in [2.05, 4.69) is 20.8 Å². The second kappa shape index (κ2) is 5.41. The van der Waals surface area contributed by atoms with Crippen molar-refractivity contribution in [2.24, 2.45) is 5.73 Å². The molecule has 3 nitrogen and oxygen atoms in total. The van der Waals surface area contributed by atoms with E-state index < -0.39 is 0 Å². The highest BCUT2D eigenvalue weighted by molar-refractivity contribution is 5.49. The van der Waals surface area contributed by atoms with Crippen molar-refractivity contribution in [2.45, 2.75) is 45.4 Å². The zero-order valence-corrected chi connectivity index (χ0v) is 11.0. The van der Waals surface area contributed by atoms with Crippen LogP contribution in [-0.4, -0.2) is 16.8 Å². The molecule has 0 bridgehead atoms. The number of phenolic OH excluding ortho intramolecular Hbond substituents is 2. The lowest BCUT2D eigenvalue weighted by atomic mass is 9.85. The maximum atomic E-state index is 9.81. The minimum atomic E-state index is -0.0339. The maximum Gasteiger partial charge on any atom is 0.160 e. The van der Waals surface area contributed by atoms with Crippen LogP contribution in [0.2, 0.25) is 0 Å². The maximum absolute atomic E-state index is 9.81. The summed E-state index contributed by atoms with van der Waals surface area (Å²) in [5.41, 5.74) is 7.26. The fourth-order valence-electron chi connectivity index (χ4n) is 1.76. The Morgan fingerprint density at radius 3 is 2.29 bits per heavy atom. The van der Waals surface area contributed by atoms with Gasteiger partial charge >= 0.3 is 0 Å². The summed E-state index contributed by atoms with van der Waals surface area (Å²) in [7, 11) is 0. The molecule has 0 fully saturated rings. The molecule has 96 valence electrons. The zero-order valence-electron chi connectivity index (χ0n) is 11.0. The van der Waals surface area contributed by atoms with Crippen LogP contribution in [0.5, 0.6) is 11.5 Å². The van der Waals surface area contributed by atoms with Crippen LogP contribution in [0.25, 0.3) is 0 Å². The number of aryl methyl sites for hydroxylation is 1. The number of unbranched alkanes of at least 4 members (excludes halogenated alkanes) is 1. The second-order valence-electron chi connectivity index (χ2n) is 5.50. The first-order valence-electron chi connectivity index (χ1n) is 6.11. The molecule has 0 unspecified atom stereocenters. The quantitative estimate of drug-likeness (QED) is 0.557. The normalized spacial score (nSPS) is 11.8. The van der Waals surface area contributed by atoms with Crippen molar-refractivity contribution >= 4 is 0 Å². The van der Waals surface area contributed by atoms with Crippen LogP contribution in [0.1, 0.15) is 44.7 Å². The minimum absolute atomic E-state index is 0.00928. The molecular formula is C14H23NO2. The Morgan fingerprint density at radius 2 is 1.76 bits per heavy atom. The van der Waals surface area contributed by atoms with Crippen molar-refractivity contribution in [1.29, 1.82) is 0 Å². The Bertz CT molecular complexity index is 381. The van der Waals surface area contributed by atoms with E-state index in [1.807, 2.05) is 6.07 Å². The fraction of sp³-hybridized carbons (Fsp3) is 0.571. The molecule has 0 aliphatic heterocycles. The molecule has 0 atom stereocenters. The van der Waals surface area contributed by atoms with E-state index in [-0.39, 0.29) is 16.9 Å². The van der Waals surface area contributed by atoms with Crippen molar-refractivity contribution in [3.8, 4) is 11.5 Å². The standard InChI is InChI=1S/C14H23NO2/c1-14(2,3)11-8-10(6-4-5-7-15)13(17)12(16)9-11/h8-9,16-17H,4-7,15H2,1-3H3. The van der Waals surface area contributed by atoms with Crippen LogP contribution in [0.3, 0.4) is 0 Å². The van der Waals surface area contributed by atoms with Gasteiger partial charge in [-0.3, -0.25) is 0 Å². The summed E-state index contributed by atoms with van der Waals surface area (Å²) in [6.07, 6.45) is 2.61. The summed E-state index contributed by atoms with van der Waals surface area (Å²) >= 11 is 0. The van der Waals surface area contributed by atoms with E-state index in [9.17, 15) is 10.2 Å². The third-order valence-electron chi connectivity index (χ3n) is 2.94. The smallest absolute Gasteiger partial charge is 0.160 e. The van der Waals surface area contributed by atoms with Crippen LogP contribution in [0.4, 0.5) is 0 Å². The number of rotatable bonds is 4. The van der Waals surface area contributed by atoms with E-state index in [0.717, 1.165) is 30.4 Å². The summed E-state index contributed by atoms with van der Waals surface area (Å²) in [6, 6.07) is 3.62. The molecule has 0 radical (unpaired) electrons. The molecule has 1 aromatic rings. The predicted octanol–water partition coefficient (Wildman–Crippen LogP) is 2.68. The number of nitrogens with two attached hydrogens (primary N) is 1. The van der Waals surface area contributed by atoms with Gasteiger partial charge in [-0.25, -0.2) is 0 Å². The first-order chi connectivity index (χ1) is 7.86. The molecule has 0 aliphatic rings. The lowest BCUT2D eigenvalue weighted by Gasteiger charge is -2.21. The number of hydrogen-bond donors (Lipinski definition) is 3. The SMILES string of the molecule is CC(C)(C)c1cc(O)c(O)c(CCCCN)c1. The third-order valence-corrected chi connectivity index (χ3v) is 2.94. The van der Waals surface area contributed by atoms with Gasteiger partial charge in [0, 0.05) is 0 Å². The Balaban J connectivity index is 2.99. The number of aromatic hydroxyl groups is 2. The monoisotopic (exact) mass is 237 g/mol. The Labute approximate surface area is 103 Å². The van der Waals surface area contributed by atoms with Crippen molar-refractivity contribution < 1.29 is 10.2 Å². The van der Waals surface area contributed by atoms with Gasteiger partial charge in [0.25, 0.3) is 0 Å². The van der Waals surface area contributed by atoms with Crippen molar-refractivity contribution in [1.82, 2.24) is 0 Å². The summed E-state index contributed by atoms with van der Waals surface area (Å²) in [5.74, 6) is -0.0183. The molecule has 0 heterocycles. The highest BCUT2D eigenvalue weighted by Crippen LogP contribution is 2.35. The number of hydrogen-bond acceptors (Lipinski definition) is 3. The van der Waals surface area contributed by atoms with E-state index >= 15 is 0 Å². The average molecular weight is 237 g/mol. The summed E-state index contributed by atoms with van der Waals surface area (Å²) in [4.78, 5) is 0. The lowest BCUT2D eigenvalue weighted by molar-refractivity contribution is 0.396. The Morgan fingerprint density at radius 1 is 1.12 bits per heavy atom. The van der Waals surface area contributed by atoms with Crippen LogP contribution < -0.4 is 5.73 Å². The van der Waals surface area contributed by atoms with Crippen molar-refractivity contribution in [3.63, 3.8) is 0 Å². The molecule has 3 heteroatoms. The van der Waals surface area contributed by atoms with Gasteiger partial charge in [-0.05, 0) is 48.4 Å². The summed E-state index contributed by atoms with van der Waals surface area (Å²) in [5, 5.41) is 19.5. The van der Waals surface area contributed by atoms with E-state index in [1.54, 1.807) is 6.07 Å². The first kappa shape index (κ1) is 13.8. The van der Waals surface area contributed by atoms with Crippen LogP contribution in [0, 0.1) is 0 Å². The van der Waals surface area contributed by atoms with Crippen LogP contribution in [0.15, 0.2) is 12.1 Å². The molecule has 4 N–H and O–H groups in total. The Hall–Kier alpha value is -1.22. The first-order valence-corrected chi connectivity index (χ1v) is 6.11. The molecule has 0 saturated heterocycles. The van der Waals surface area contributed by atoms with Gasteiger partial charge in [-0.1, -0.05) is 26.8 Å². The van der Waals surface area contributed by atoms with Crippen molar-refractivity contribution in [3.05, 3.63) is 23.3 Å². The fourth-order valence-corrected chi connectivity index (χ4v) is 1.76.